The van der Waals surface area contributed by atoms with E-state index < -0.39 is 11.7 Å². The molecule has 0 saturated carbocycles. The van der Waals surface area contributed by atoms with Gasteiger partial charge in [0.15, 0.2) is 0 Å². The number of piperazine rings is 1. The molecule has 0 bridgehead atoms. The molecule has 1 aromatic heterocycles. The highest BCUT2D eigenvalue weighted by Crippen LogP contribution is 2.37. The number of carbonyl (C=O) groups is 1. The van der Waals surface area contributed by atoms with Crippen molar-refractivity contribution < 1.29 is 18.0 Å². The molecule has 1 fully saturated rings. The van der Waals surface area contributed by atoms with Crippen molar-refractivity contribution >= 4 is 45.9 Å². The predicted octanol–water partition coefficient (Wildman–Crippen LogP) is 6.23. The zero-order chi connectivity index (χ0) is 24.6. The van der Waals surface area contributed by atoms with Gasteiger partial charge in [-0.3, -0.25) is 9.78 Å². The Kier molecular flexibility index (Phi) is 6.86. The van der Waals surface area contributed by atoms with Gasteiger partial charge in [0.25, 0.3) is 0 Å². The maximum atomic E-state index is 13.1. The lowest BCUT2D eigenvalue weighted by Gasteiger charge is -2.36. The van der Waals surface area contributed by atoms with E-state index in [0.717, 1.165) is 53.2 Å². The monoisotopic (exact) mass is 519 g/mol. The fourth-order valence-electron chi connectivity index (χ4n) is 4.84. The van der Waals surface area contributed by atoms with Crippen LogP contribution in [0.4, 0.5) is 18.9 Å². The van der Waals surface area contributed by atoms with Gasteiger partial charge in [-0.25, -0.2) is 0 Å². The van der Waals surface area contributed by atoms with Crippen LogP contribution in [0.1, 0.15) is 29.7 Å². The molecule has 0 radical (unpaired) electrons. The van der Waals surface area contributed by atoms with E-state index in [0.29, 0.717) is 42.6 Å². The number of amides is 1. The molecular formula is C26H25ClF3N3OS. The Morgan fingerprint density at radius 1 is 1.03 bits per heavy atom. The van der Waals surface area contributed by atoms with E-state index in [1.807, 2.05) is 23.1 Å². The van der Waals surface area contributed by atoms with Crippen LogP contribution in [-0.4, -0.2) is 47.7 Å². The molecule has 5 rings (SSSR count). The maximum absolute atomic E-state index is 13.1. The Labute approximate surface area is 211 Å². The third-order valence-corrected chi connectivity index (χ3v) is 8.06. The summed E-state index contributed by atoms with van der Waals surface area (Å²) in [7, 11) is 0. The maximum Gasteiger partial charge on any atom is 0.416 e. The van der Waals surface area contributed by atoms with Gasteiger partial charge >= 0.3 is 6.18 Å². The number of carbonyl (C=O) groups excluding carboxylic acids is 1. The number of fused-ring (bicyclic) bond motifs is 2. The number of anilines is 1. The zero-order valence-corrected chi connectivity index (χ0v) is 20.6. The molecule has 1 aliphatic heterocycles. The Bertz CT molecular complexity index is 1260. The molecule has 3 aromatic rings. The number of thioether (sulfide) groups is 1. The van der Waals surface area contributed by atoms with Crippen LogP contribution in [0.25, 0.3) is 10.9 Å². The molecule has 4 nitrogen and oxygen atoms in total. The predicted molar refractivity (Wildman–Crippen MR) is 134 cm³/mol. The highest BCUT2D eigenvalue weighted by molar-refractivity contribution is 8.00. The lowest BCUT2D eigenvalue weighted by atomic mass is 9.94. The van der Waals surface area contributed by atoms with E-state index in [1.54, 1.807) is 22.7 Å². The Hall–Kier alpha value is -2.45. The molecule has 0 unspecified atom stereocenters. The molecule has 0 atom stereocenters. The summed E-state index contributed by atoms with van der Waals surface area (Å²) in [6.45, 7) is 1.97. The van der Waals surface area contributed by atoms with Crippen LogP contribution < -0.4 is 4.90 Å². The highest BCUT2D eigenvalue weighted by atomic mass is 35.5. The Morgan fingerprint density at radius 3 is 2.57 bits per heavy atom. The Balaban J connectivity index is 1.26. The third-order valence-electron chi connectivity index (χ3n) is 6.68. The SMILES string of the molecule is O=C(CSc1c2c(nc3ccc(Cl)cc13)CCCC2)N1CCN(c2cccc(C(F)(F)F)c2)CC1. The van der Waals surface area contributed by atoms with E-state index in [-0.39, 0.29) is 5.91 Å². The third kappa shape index (κ3) is 5.23. The van der Waals surface area contributed by atoms with Crippen LogP contribution in [0.15, 0.2) is 47.4 Å². The van der Waals surface area contributed by atoms with Gasteiger partial charge in [0, 0.05) is 52.9 Å². The van der Waals surface area contributed by atoms with Gasteiger partial charge in [0.2, 0.25) is 5.91 Å². The van der Waals surface area contributed by atoms with Gasteiger partial charge in [0.05, 0.1) is 16.8 Å². The number of alkyl halides is 3. The lowest BCUT2D eigenvalue weighted by Crippen LogP contribution is -2.49. The molecule has 9 heteroatoms. The van der Waals surface area contributed by atoms with Gasteiger partial charge in [-0.2, -0.15) is 13.2 Å². The summed E-state index contributed by atoms with van der Waals surface area (Å²) in [5.74, 6) is 0.344. The largest absolute Gasteiger partial charge is 0.416 e. The standard InChI is InChI=1S/C26H25ClF3N3OS/c27-18-8-9-23-21(15-18)25(20-6-1-2-7-22(20)31-23)35-16-24(34)33-12-10-32(11-13-33)19-5-3-4-17(14-19)26(28,29)30/h3-5,8-9,14-15H,1-2,6-7,10-13,16H2. The summed E-state index contributed by atoms with van der Waals surface area (Å²) in [6.07, 6.45) is -0.229. The van der Waals surface area contributed by atoms with E-state index in [4.69, 9.17) is 16.6 Å². The fraction of sp³-hybridized carbons (Fsp3) is 0.385. The average Bonchev–Trinajstić information content (AvgIpc) is 2.86. The zero-order valence-electron chi connectivity index (χ0n) is 19.1. The number of pyridine rings is 1. The van der Waals surface area contributed by atoms with Gasteiger partial charge in [-0.05, 0) is 67.6 Å². The fourth-order valence-corrected chi connectivity index (χ4v) is 6.17. The average molecular weight is 520 g/mol. The van der Waals surface area contributed by atoms with Crippen LogP contribution in [0, 0.1) is 0 Å². The number of hydrogen-bond acceptors (Lipinski definition) is 4. The summed E-state index contributed by atoms with van der Waals surface area (Å²) in [4.78, 5) is 22.7. The molecule has 35 heavy (non-hydrogen) atoms. The lowest BCUT2D eigenvalue weighted by molar-refractivity contribution is -0.137. The molecular weight excluding hydrogens is 495 g/mol. The van der Waals surface area contributed by atoms with E-state index in [9.17, 15) is 18.0 Å². The molecule has 1 saturated heterocycles. The highest BCUT2D eigenvalue weighted by Gasteiger charge is 2.31. The molecule has 2 heterocycles. The second-order valence-electron chi connectivity index (χ2n) is 8.94. The van der Waals surface area contributed by atoms with Crippen molar-refractivity contribution in [3.8, 4) is 0 Å². The Morgan fingerprint density at radius 2 is 1.80 bits per heavy atom. The molecule has 0 spiro atoms. The molecule has 0 N–H and O–H groups in total. The summed E-state index contributed by atoms with van der Waals surface area (Å²) < 4.78 is 39.2. The number of benzene rings is 2. The minimum absolute atomic E-state index is 0.0373. The van der Waals surface area contributed by atoms with Gasteiger partial charge < -0.3 is 9.80 Å². The number of nitrogens with zero attached hydrogens (tertiary/aromatic N) is 3. The summed E-state index contributed by atoms with van der Waals surface area (Å²) in [5, 5.41) is 1.64. The smallest absolute Gasteiger partial charge is 0.368 e. The van der Waals surface area contributed by atoms with Crippen molar-refractivity contribution in [2.75, 3.05) is 36.8 Å². The second-order valence-corrected chi connectivity index (χ2v) is 10.4. The first kappa shape index (κ1) is 24.3. The van der Waals surface area contributed by atoms with Crippen molar-refractivity contribution in [3.05, 3.63) is 64.3 Å². The quantitative estimate of drug-likeness (QED) is 0.383. The molecule has 2 aliphatic rings. The van der Waals surface area contributed by atoms with Crippen LogP contribution >= 0.6 is 23.4 Å². The molecule has 184 valence electrons. The number of halogens is 4. The van der Waals surface area contributed by atoms with Crippen LogP contribution in [0.5, 0.6) is 0 Å². The van der Waals surface area contributed by atoms with Crippen LogP contribution in [0.2, 0.25) is 5.02 Å². The van der Waals surface area contributed by atoms with E-state index in [1.165, 1.54) is 17.7 Å². The minimum atomic E-state index is -4.37. The second kappa shape index (κ2) is 9.90. The first-order chi connectivity index (χ1) is 16.8. The summed E-state index contributed by atoms with van der Waals surface area (Å²) in [5.41, 5.74) is 3.14. The van der Waals surface area contributed by atoms with Crippen molar-refractivity contribution in [2.24, 2.45) is 0 Å². The first-order valence-electron chi connectivity index (χ1n) is 11.7. The summed E-state index contributed by atoms with van der Waals surface area (Å²) in [6, 6.07) is 11.1. The molecule has 1 aliphatic carbocycles. The number of aromatic nitrogens is 1. The van der Waals surface area contributed by atoms with Gasteiger partial charge in [-0.1, -0.05) is 17.7 Å². The normalized spacial score (nSPS) is 16.5. The van der Waals surface area contributed by atoms with Crippen molar-refractivity contribution in [1.82, 2.24) is 9.88 Å². The van der Waals surface area contributed by atoms with Crippen molar-refractivity contribution in [2.45, 2.75) is 36.8 Å². The topological polar surface area (TPSA) is 36.4 Å². The molecule has 1 amide bonds. The number of aryl methyl sites for hydroxylation is 1. The van der Waals surface area contributed by atoms with E-state index in [2.05, 4.69) is 0 Å². The van der Waals surface area contributed by atoms with Crippen LogP contribution in [0.3, 0.4) is 0 Å². The minimum Gasteiger partial charge on any atom is -0.368 e. The van der Waals surface area contributed by atoms with Gasteiger partial charge in [-0.15, -0.1) is 11.8 Å². The van der Waals surface area contributed by atoms with Gasteiger partial charge in [0.1, 0.15) is 0 Å². The first-order valence-corrected chi connectivity index (χ1v) is 13.1. The number of rotatable bonds is 4. The number of hydrogen-bond donors (Lipinski definition) is 0. The van der Waals surface area contributed by atoms with Crippen LogP contribution in [-0.2, 0) is 23.8 Å². The summed E-state index contributed by atoms with van der Waals surface area (Å²) >= 11 is 7.83. The van der Waals surface area contributed by atoms with Crippen molar-refractivity contribution in [1.29, 1.82) is 0 Å². The van der Waals surface area contributed by atoms with E-state index >= 15 is 0 Å². The van der Waals surface area contributed by atoms with Crippen molar-refractivity contribution in [3.63, 3.8) is 0 Å². The molecule has 2 aromatic carbocycles.